The van der Waals surface area contributed by atoms with E-state index >= 15 is 0 Å². The highest BCUT2D eigenvalue weighted by Crippen LogP contribution is 2.41. The van der Waals surface area contributed by atoms with Crippen molar-refractivity contribution in [2.24, 2.45) is 0 Å². The average molecular weight is 387 g/mol. The van der Waals surface area contributed by atoms with Gasteiger partial charge in [-0.1, -0.05) is 35.3 Å². The highest BCUT2D eigenvalue weighted by Gasteiger charge is 2.20. The van der Waals surface area contributed by atoms with Crippen molar-refractivity contribution >= 4 is 41.6 Å². The van der Waals surface area contributed by atoms with Crippen LogP contribution >= 0.6 is 30.3 Å². The van der Waals surface area contributed by atoms with E-state index in [-0.39, 0.29) is 15.6 Å². The summed E-state index contributed by atoms with van der Waals surface area (Å²) in [4.78, 5) is 11.1. The lowest BCUT2D eigenvalue weighted by atomic mass is 10.1. The normalized spacial score (nSPS) is 13.3. The first-order chi connectivity index (χ1) is 11.2. The van der Waals surface area contributed by atoms with E-state index in [9.17, 15) is 9.36 Å². The lowest BCUT2D eigenvalue weighted by molar-refractivity contribution is 0.0697. The van der Waals surface area contributed by atoms with Gasteiger partial charge in [0.05, 0.1) is 22.7 Å². The van der Waals surface area contributed by atoms with Crippen LogP contribution in [0.4, 0.5) is 0 Å². The predicted molar refractivity (Wildman–Crippen MR) is 98.2 cm³/mol. The van der Waals surface area contributed by atoms with Crippen LogP contribution in [0.2, 0.25) is 10.0 Å². The fourth-order valence-electron chi connectivity index (χ4n) is 2.35. The predicted octanol–water partition coefficient (Wildman–Crippen LogP) is 4.56. The minimum atomic E-state index is -2.59. The highest BCUT2D eigenvalue weighted by molar-refractivity contribution is 7.70. The number of halogens is 2. The van der Waals surface area contributed by atoms with Gasteiger partial charge < -0.3 is 14.4 Å². The summed E-state index contributed by atoms with van der Waals surface area (Å²) in [7, 11) is -1.03. The van der Waals surface area contributed by atoms with Gasteiger partial charge in [0.25, 0.3) is 0 Å². The number of methoxy groups -OCH3 is 1. The van der Waals surface area contributed by atoms with Crippen LogP contribution in [0.5, 0.6) is 5.75 Å². The molecule has 0 bridgehead atoms. The Labute approximate surface area is 150 Å². The molecular weight excluding hydrogens is 370 g/mol. The second kappa shape index (κ2) is 7.60. The molecule has 0 saturated heterocycles. The third-order valence-electron chi connectivity index (χ3n) is 3.74. The molecule has 128 valence electrons. The maximum atomic E-state index is 13.0. The van der Waals surface area contributed by atoms with E-state index in [0.29, 0.717) is 18.3 Å². The van der Waals surface area contributed by atoms with Gasteiger partial charge in [-0.25, -0.2) is 4.79 Å². The lowest BCUT2D eigenvalue weighted by Gasteiger charge is -2.15. The molecule has 4 nitrogen and oxygen atoms in total. The zero-order valence-corrected chi connectivity index (χ0v) is 15.7. The summed E-state index contributed by atoms with van der Waals surface area (Å²) in [6, 6.07) is 10.3. The van der Waals surface area contributed by atoms with Crippen LogP contribution < -0.4 is 10.0 Å². The van der Waals surface area contributed by atoms with E-state index in [4.69, 9.17) is 33.0 Å². The van der Waals surface area contributed by atoms with Crippen LogP contribution in [-0.2, 0) is 11.0 Å². The maximum absolute atomic E-state index is 13.0. The van der Waals surface area contributed by atoms with Crippen molar-refractivity contribution in [2.45, 2.75) is 6.42 Å². The number of hydrogen-bond acceptors (Lipinski definition) is 3. The van der Waals surface area contributed by atoms with Crippen LogP contribution in [-0.4, -0.2) is 31.0 Å². The summed E-state index contributed by atoms with van der Waals surface area (Å²) in [5.41, 5.74) is 0.634. The minimum Gasteiger partial charge on any atom is -0.497 e. The van der Waals surface area contributed by atoms with Crippen molar-refractivity contribution in [1.82, 2.24) is 0 Å². The summed E-state index contributed by atoms with van der Waals surface area (Å²) in [6.07, 6.45) is 0.892. The van der Waals surface area contributed by atoms with Crippen LogP contribution in [0, 0.1) is 0 Å². The second-order valence-corrected chi connectivity index (χ2v) is 9.50. The molecule has 0 spiro atoms. The van der Waals surface area contributed by atoms with Gasteiger partial charge in [0.15, 0.2) is 0 Å². The standard InChI is InChI=1S/C17H17Cl2O4P/c1-23-12-4-3-5-13(10-12)24(2,22)7-6-11-8-14(18)16(17(20)21)15(19)9-11/h3-5,8-10H,6-7H2,1-2H3,(H,20,21). The van der Waals surface area contributed by atoms with Crippen molar-refractivity contribution in [2.75, 3.05) is 19.9 Å². The number of carbonyl (C=O) groups is 1. The largest absolute Gasteiger partial charge is 0.497 e. The number of aryl methyl sites for hydroxylation is 1. The highest BCUT2D eigenvalue weighted by atomic mass is 35.5. The van der Waals surface area contributed by atoms with Crippen LogP contribution in [0.1, 0.15) is 15.9 Å². The molecule has 0 aliphatic carbocycles. The molecule has 2 rings (SSSR count). The Morgan fingerprint density at radius 3 is 2.38 bits per heavy atom. The molecule has 0 heterocycles. The molecule has 0 fully saturated rings. The van der Waals surface area contributed by atoms with E-state index in [0.717, 1.165) is 10.9 Å². The van der Waals surface area contributed by atoms with Gasteiger partial charge in [-0.2, -0.15) is 0 Å². The van der Waals surface area contributed by atoms with Gasteiger partial charge in [-0.15, -0.1) is 0 Å². The van der Waals surface area contributed by atoms with Crippen molar-refractivity contribution in [3.63, 3.8) is 0 Å². The van der Waals surface area contributed by atoms with E-state index in [1.54, 1.807) is 44.1 Å². The summed E-state index contributed by atoms with van der Waals surface area (Å²) in [5.74, 6) is -0.513. The number of hydrogen-bond donors (Lipinski definition) is 1. The SMILES string of the molecule is COc1cccc(P(C)(=O)CCc2cc(Cl)c(C(=O)O)c(Cl)c2)c1. The number of aromatic carboxylic acids is 1. The monoisotopic (exact) mass is 386 g/mol. The molecule has 0 amide bonds. The summed E-state index contributed by atoms with van der Waals surface area (Å²) < 4.78 is 18.2. The van der Waals surface area contributed by atoms with Gasteiger partial charge in [-0.3, -0.25) is 0 Å². The number of ether oxygens (including phenoxy) is 1. The maximum Gasteiger partial charge on any atom is 0.338 e. The summed E-state index contributed by atoms with van der Waals surface area (Å²) >= 11 is 12.0. The Balaban J connectivity index is 2.20. The molecule has 0 aromatic heterocycles. The number of rotatable bonds is 6. The van der Waals surface area contributed by atoms with Crippen LogP contribution in [0.15, 0.2) is 36.4 Å². The topological polar surface area (TPSA) is 63.6 Å². The molecule has 24 heavy (non-hydrogen) atoms. The fourth-order valence-corrected chi connectivity index (χ4v) is 4.79. The molecule has 0 radical (unpaired) electrons. The Morgan fingerprint density at radius 1 is 1.21 bits per heavy atom. The Kier molecular flexibility index (Phi) is 5.97. The Hall–Kier alpha value is -1.48. The number of carboxylic acid groups (broad SMARTS) is 1. The van der Waals surface area contributed by atoms with Crippen LogP contribution in [0.3, 0.4) is 0 Å². The lowest BCUT2D eigenvalue weighted by Crippen LogP contribution is -2.09. The smallest absolute Gasteiger partial charge is 0.338 e. The van der Waals surface area contributed by atoms with Crippen molar-refractivity contribution in [3.05, 3.63) is 57.6 Å². The molecule has 7 heteroatoms. The molecule has 2 aromatic rings. The van der Waals surface area contributed by atoms with E-state index < -0.39 is 13.1 Å². The molecule has 1 atom stereocenters. The molecule has 0 saturated carbocycles. The van der Waals surface area contributed by atoms with Crippen LogP contribution in [0.25, 0.3) is 0 Å². The minimum absolute atomic E-state index is 0.0808. The third-order valence-corrected chi connectivity index (χ3v) is 6.79. The van der Waals surface area contributed by atoms with Crippen molar-refractivity contribution < 1.29 is 19.2 Å². The number of carboxylic acids is 1. The molecule has 2 aromatic carbocycles. The third kappa shape index (κ3) is 4.32. The quantitative estimate of drug-likeness (QED) is 0.739. The van der Waals surface area contributed by atoms with Gasteiger partial charge >= 0.3 is 5.97 Å². The second-order valence-electron chi connectivity index (χ2n) is 5.52. The Morgan fingerprint density at radius 2 is 1.83 bits per heavy atom. The zero-order chi connectivity index (χ0) is 17.9. The van der Waals surface area contributed by atoms with Gasteiger partial charge in [0.2, 0.25) is 0 Å². The van der Waals surface area contributed by atoms with Gasteiger partial charge in [-0.05, 0) is 42.9 Å². The first-order valence-electron chi connectivity index (χ1n) is 7.17. The first-order valence-corrected chi connectivity index (χ1v) is 10.3. The van der Waals surface area contributed by atoms with E-state index in [2.05, 4.69) is 0 Å². The summed E-state index contributed by atoms with van der Waals surface area (Å²) in [6.45, 7) is 1.72. The Bertz CT molecular complexity index is 797. The average Bonchev–Trinajstić information content (AvgIpc) is 2.52. The molecule has 1 unspecified atom stereocenters. The number of benzene rings is 2. The van der Waals surface area contributed by atoms with Gasteiger partial charge in [0.1, 0.15) is 12.9 Å². The van der Waals surface area contributed by atoms with E-state index in [1.807, 2.05) is 6.07 Å². The summed E-state index contributed by atoms with van der Waals surface area (Å²) in [5, 5.41) is 9.97. The molecular formula is C17H17Cl2O4P. The van der Waals surface area contributed by atoms with Crippen molar-refractivity contribution in [1.29, 1.82) is 0 Å². The zero-order valence-electron chi connectivity index (χ0n) is 13.3. The molecule has 1 N–H and O–H groups in total. The first kappa shape index (κ1) is 18.9. The molecule has 0 aliphatic heterocycles. The van der Waals surface area contributed by atoms with Crippen molar-refractivity contribution in [3.8, 4) is 5.75 Å². The fraction of sp³-hybridized carbons (Fsp3) is 0.235. The van der Waals surface area contributed by atoms with E-state index in [1.165, 1.54) is 0 Å². The van der Waals surface area contributed by atoms with Gasteiger partial charge in [0, 0.05) is 11.5 Å². The molecule has 0 aliphatic rings.